The molecule has 0 saturated heterocycles. The second-order valence-corrected chi connectivity index (χ2v) is 8.86. The van der Waals surface area contributed by atoms with Crippen LogP contribution in [0.5, 0.6) is 0 Å². The van der Waals surface area contributed by atoms with Crippen LogP contribution < -0.4 is 10.6 Å². The van der Waals surface area contributed by atoms with Gasteiger partial charge in [-0.25, -0.2) is 9.59 Å². The van der Waals surface area contributed by atoms with Crippen molar-refractivity contribution in [3.8, 4) is 11.1 Å². The maximum absolute atomic E-state index is 12.3. The summed E-state index contributed by atoms with van der Waals surface area (Å²) in [6.45, 7) is 2.05. The summed E-state index contributed by atoms with van der Waals surface area (Å²) >= 11 is 3.21. The zero-order chi connectivity index (χ0) is 24.2. The smallest absolute Gasteiger partial charge is 0.407 e. The molecule has 3 aromatic carbocycles. The van der Waals surface area contributed by atoms with Crippen LogP contribution in [0.2, 0.25) is 0 Å². The van der Waals surface area contributed by atoms with Crippen molar-refractivity contribution in [2.24, 2.45) is 0 Å². The average Bonchev–Trinajstić information content (AvgIpc) is 3.13. The molecule has 0 unspecified atom stereocenters. The van der Waals surface area contributed by atoms with E-state index in [2.05, 4.69) is 38.7 Å². The van der Waals surface area contributed by atoms with Crippen molar-refractivity contribution in [3.05, 3.63) is 87.4 Å². The number of carbonyl (C=O) groups is 3. The van der Waals surface area contributed by atoms with Gasteiger partial charge >= 0.3 is 12.1 Å². The number of hydrogen-bond acceptors (Lipinski definition) is 4. The van der Waals surface area contributed by atoms with Crippen molar-refractivity contribution >= 4 is 39.6 Å². The third-order valence-electron chi connectivity index (χ3n) is 5.78. The zero-order valence-electron chi connectivity index (χ0n) is 18.4. The number of nitrogens with one attached hydrogen (secondary N) is 2. The minimum Gasteiger partial charge on any atom is -0.478 e. The van der Waals surface area contributed by atoms with Gasteiger partial charge in [-0.3, -0.25) is 4.79 Å². The third-order valence-corrected chi connectivity index (χ3v) is 6.44. The van der Waals surface area contributed by atoms with Crippen LogP contribution in [0.25, 0.3) is 11.1 Å². The van der Waals surface area contributed by atoms with E-state index >= 15 is 0 Å². The van der Waals surface area contributed by atoms with Gasteiger partial charge in [0.25, 0.3) is 0 Å². The second-order valence-electron chi connectivity index (χ2n) is 8.00. The highest BCUT2D eigenvalue weighted by Gasteiger charge is 2.29. The van der Waals surface area contributed by atoms with E-state index < -0.39 is 12.1 Å². The predicted octanol–water partition coefficient (Wildman–Crippen LogP) is 5.32. The lowest BCUT2D eigenvalue weighted by Gasteiger charge is -2.15. The maximum Gasteiger partial charge on any atom is 0.407 e. The number of fused-ring (bicyclic) bond motifs is 3. The Labute approximate surface area is 205 Å². The highest BCUT2D eigenvalue weighted by atomic mass is 79.9. The van der Waals surface area contributed by atoms with E-state index in [-0.39, 0.29) is 37.0 Å². The van der Waals surface area contributed by atoms with Crippen molar-refractivity contribution in [3.63, 3.8) is 0 Å². The Morgan fingerprint density at radius 3 is 2.24 bits per heavy atom. The first-order valence-corrected chi connectivity index (χ1v) is 11.6. The topological polar surface area (TPSA) is 105 Å². The van der Waals surface area contributed by atoms with E-state index in [0.29, 0.717) is 10.2 Å². The van der Waals surface area contributed by atoms with Crippen LogP contribution in [0, 0.1) is 6.92 Å². The standard InChI is InChI=1S/C26H23BrN2O5/c1-15-12-22(27)20(25(31)32)13-23(15)29-24(30)10-11-28-26(33)34-14-21-18-8-4-2-6-16(18)17-7-3-5-9-19(17)21/h2-9,12-13,21H,10-11,14H2,1H3,(H,28,33)(H,29,30)(H,31,32). The number of amides is 2. The Hall–Kier alpha value is -3.65. The Kier molecular flexibility index (Phi) is 6.98. The molecule has 0 bridgehead atoms. The van der Waals surface area contributed by atoms with Crippen molar-refractivity contribution in [1.82, 2.24) is 5.32 Å². The molecule has 3 N–H and O–H groups in total. The molecular weight excluding hydrogens is 500 g/mol. The highest BCUT2D eigenvalue weighted by molar-refractivity contribution is 9.10. The largest absolute Gasteiger partial charge is 0.478 e. The second kappa shape index (κ2) is 10.1. The molecule has 0 radical (unpaired) electrons. The van der Waals surface area contributed by atoms with Crippen LogP contribution in [-0.4, -0.2) is 36.2 Å². The van der Waals surface area contributed by atoms with E-state index in [9.17, 15) is 19.5 Å². The molecule has 2 amide bonds. The molecule has 4 rings (SSSR count). The number of benzene rings is 3. The first kappa shape index (κ1) is 23.5. The molecule has 0 aromatic heterocycles. The van der Waals surface area contributed by atoms with E-state index in [0.717, 1.165) is 27.8 Å². The minimum atomic E-state index is -1.10. The number of aryl methyl sites for hydroxylation is 1. The molecule has 0 saturated carbocycles. The molecule has 3 aromatic rings. The number of halogens is 1. The van der Waals surface area contributed by atoms with Crippen molar-refractivity contribution in [1.29, 1.82) is 0 Å². The summed E-state index contributed by atoms with van der Waals surface area (Å²) < 4.78 is 5.90. The van der Waals surface area contributed by atoms with Gasteiger partial charge < -0.3 is 20.5 Å². The SMILES string of the molecule is Cc1cc(Br)c(C(=O)O)cc1NC(=O)CCNC(=O)OCC1c2ccccc2-c2ccccc21. The van der Waals surface area contributed by atoms with Crippen LogP contribution in [0.1, 0.15) is 39.4 Å². The minimum absolute atomic E-state index is 0.0160. The van der Waals surface area contributed by atoms with Gasteiger partial charge in [0, 0.05) is 29.0 Å². The first-order chi connectivity index (χ1) is 16.3. The van der Waals surface area contributed by atoms with Gasteiger partial charge in [0.05, 0.1) is 5.56 Å². The Morgan fingerprint density at radius 2 is 1.62 bits per heavy atom. The van der Waals surface area contributed by atoms with E-state index in [4.69, 9.17) is 4.74 Å². The van der Waals surface area contributed by atoms with Crippen molar-refractivity contribution in [2.75, 3.05) is 18.5 Å². The Morgan fingerprint density at radius 1 is 1.00 bits per heavy atom. The lowest BCUT2D eigenvalue weighted by Crippen LogP contribution is -2.29. The Balaban J connectivity index is 1.28. The maximum atomic E-state index is 12.3. The molecule has 8 heteroatoms. The number of aromatic carboxylic acids is 1. The van der Waals surface area contributed by atoms with Crippen LogP contribution in [0.3, 0.4) is 0 Å². The fourth-order valence-corrected chi connectivity index (χ4v) is 4.74. The molecule has 174 valence electrons. The van der Waals surface area contributed by atoms with Crippen molar-refractivity contribution in [2.45, 2.75) is 19.3 Å². The number of carboxylic acids is 1. The molecular formula is C26H23BrN2O5. The van der Waals surface area contributed by atoms with E-state index in [1.807, 2.05) is 36.4 Å². The van der Waals surface area contributed by atoms with Gasteiger partial charge in [0.15, 0.2) is 0 Å². The molecule has 7 nitrogen and oxygen atoms in total. The quantitative estimate of drug-likeness (QED) is 0.389. The Bertz CT molecular complexity index is 1230. The number of anilines is 1. The number of alkyl carbamates (subject to hydrolysis) is 1. The average molecular weight is 523 g/mol. The van der Waals surface area contributed by atoms with Crippen LogP contribution in [-0.2, 0) is 9.53 Å². The molecule has 0 heterocycles. The normalized spacial score (nSPS) is 11.9. The molecule has 0 atom stereocenters. The lowest BCUT2D eigenvalue weighted by atomic mass is 9.98. The predicted molar refractivity (Wildman–Crippen MR) is 132 cm³/mol. The lowest BCUT2D eigenvalue weighted by molar-refractivity contribution is -0.116. The van der Waals surface area contributed by atoms with E-state index in [1.165, 1.54) is 6.07 Å². The van der Waals surface area contributed by atoms with Gasteiger partial charge in [-0.1, -0.05) is 48.5 Å². The number of carbonyl (C=O) groups excluding carboxylic acids is 2. The number of ether oxygens (including phenoxy) is 1. The molecule has 0 aliphatic heterocycles. The molecule has 1 aliphatic carbocycles. The first-order valence-electron chi connectivity index (χ1n) is 10.8. The summed E-state index contributed by atoms with van der Waals surface area (Å²) in [5, 5.41) is 14.5. The third kappa shape index (κ3) is 4.97. The van der Waals surface area contributed by atoms with E-state index in [1.54, 1.807) is 13.0 Å². The van der Waals surface area contributed by atoms with Gasteiger partial charge in [0.1, 0.15) is 6.61 Å². The van der Waals surface area contributed by atoms with Gasteiger partial charge in [-0.2, -0.15) is 0 Å². The number of rotatable bonds is 7. The molecule has 34 heavy (non-hydrogen) atoms. The summed E-state index contributed by atoms with van der Waals surface area (Å²) in [5.41, 5.74) is 5.73. The fraction of sp³-hybridized carbons (Fsp3) is 0.192. The summed E-state index contributed by atoms with van der Waals surface area (Å²) in [5.74, 6) is -1.48. The summed E-state index contributed by atoms with van der Waals surface area (Å²) in [4.78, 5) is 35.8. The molecule has 0 fully saturated rings. The highest BCUT2D eigenvalue weighted by Crippen LogP contribution is 2.44. The van der Waals surface area contributed by atoms with Crippen LogP contribution >= 0.6 is 15.9 Å². The number of hydrogen-bond donors (Lipinski definition) is 3. The summed E-state index contributed by atoms with van der Waals surface area (Å²) in [7, 11) is 0. The molecule has 0 spiro atoms. The fourth-order valence-electron chi connectivity index (χ4n) is 4.11. The van der Waals surface area contributed by atoms with Crippen molar-refractivity contribution < 1.29 is 24.2 Å². The summed E-state index contributed by atoms with van der Waals surface area (Å²) in [6, 6.07) is 19.2. The van der Waals surface area contributed by atoms with Gasteiger partial charge in [0.2, 0.25) is 5.91 Å². The van der Waals surface area contributed by atoms with Gasteiger partial charge in [-0.15, -0.1) is 0 Å². The monoisotopic (exact) mass is 522 g/mol. The van der Waals surface area contributed by atoms with Gasteiger partial charge in [-0.05, 0) is 62.8 Å². The molecule has 1 aliphatic rings. The summed E-state index contributed by atoms with van der Waals surface area (Å²) in [6.07, 6.45) is -0.579. The van der Waals surface area contributed by atoms with Crippen LogP contribution in [0.15, 0.2) is 65.1 Å². The van der Waals surface area contributed by atoms with Crippen LogP contribution in [0.4, 0.5) is 10.5 Å². The zero-order valence-corrected chi connectivity index (χ0v) is 20.0. The number of carboxylic acid groups (broad SMARTS) is 1.